The first-order valence-electron chi connectivity index (χ1n) is 7.80. The first-order valence-corrected chi connectivity index (χ1v) is 9.51. The van der Waals surface area contributed by atoms with Crippen LogP contribution in [-0.2, 0) is 4.57 Å². The van der Waals surface area contributed by atoms with Gasteiger partial charge in [-0.2, -0.15) is 0 Å². The van der Waals surface area contributed by atoms with E-state index >= 15 is 0 Å². The van der Waals surface area contributed by atoms with E-state index in [-0.39, 0.29) is 0 Å². The van der Waals surface area contributed by atoms with Crippen LogP contribution < -0.4 is 5.30 Å². The first-order chi connectivity index (χ1) is 11.5. The summed E-state index contributed by atoms with van der Waals surface area (Å²) in [5.41, 5.74) is 1.07. The summed E-state index contributed by atoms with van der Waals surface area (Å²) in [6, 6.07) is 7.83. The van der Waals surface area contributed by atoms with Crippen LogP contribution in [0.1, 0.15) is 12.5 Å². The van der Waals surface area contributed by atoms with Crippen molar-refractivity contribution in [2.24, 2.45) is 0 Å². The second-order valence-corrected chi connectivity index (χ2v) is 7.95. The number of allylic oxidation sites excluding steroid dienone is 11. The van der Waals surface area contributed by atoms with Crippen LogP contribution in [0.5, 0.6) is 0 Å². The standard InChI is InChI=1S/C22H25OP/c1-6-10-15-20(9-4)24(23,21(13-8-3)16-11-7-2)22-17-12-14-19(5)18-22/h6-18H,1-3H2,4-5H3/b15-10-,16-11-,20-9+,21-13+. The third-order valence-electron chi connectivity index (χ3n) is 3.48. The summed E-state index contributed by atoms with van der Waals surface area (Å²) in [7, 11) is -3.01. The van der Waals surface area contributed by atoms with Crippen molar-refractivity contribution in [1.29, 1.82) is 0 Å². The Labute approximate surface area is 146 Å². The highest BCUT2D eigenvalue weighted by molar-refractivity contribution is 7.79. The molecule has 0 spiro atoms. The quantitative estimate of drug-likeness (QED) is 0.394. The average Bonchev–Trinajstić information content (AvgIpc) is 2.58. The maximum absolute atomic E-state index is 14.2. The third kappa shape index (κ3) is 4.57. The largest absolute Gasteiger partial charge is 0.309 e. The second kappa shape index (κ2) is 9.70. The van der Waals surface area contributed by atoms with Crippen molar-refractivity contribution in [2.75, 3.05) is 0 Å². The van der Waals surface area contributed by atoms with Gasteiger partial charge in [0.15, 0.2) is 7.14 Å². The summed E-state index contributed by atoms with van der Waals surface area (Å²) < 4.78 is 14.2. The molecule has 0 saturated carbocycles. The minimum Gasteiger partial charge on any atom is -0.309 e. The van der Waals surface area contributed by atoms with Gasteiger partial charge in [-0.3, -0.25) is 0 Å². The van der Waals surface area contributed by atoms with E-state index in [1.54, 1.807) is 36.5 Å². The molecule has 0 fully saturated rings. The van der Waals surface area contributed by atoms with Crippen LogP contribution in [0.25, 0.3) is 0 Å². The lowest BCUT2D eigenvalue weighted by atomic mass is 10.2. The fraction of sp³-hybridized carbons (Fsp3) is 0.0909. The Morgan fingerprint density at radius 1 is 1.00 bits per heavy atom. The van der Waals surface area contributed by atoms with Gasteiger partial charge in [-0.05, 0) is 19.9 Å². The van der Waals surface area contributed by atoms with Gasteiger partial charge in [0.05, 0.1) is 0 Å². The van der Waals surface area contributed by atoms with Crippen LogP contribution in [-0.4, -0.2) is 0 Å². The van der Waals surface area contributed by atoms with Crippen molar-refractivity contribution in [3.63, 3.8) is 0 Å². The van der Waals surface area contributed by atoms with Gasteiger partial charge in [-0.1, -0.05) is 98.2 Å². The summed E-state index contributed by atoms with van der Waals surface area (Å²) >= 11 is 0. The summed E-state index contributed by atoms with van der Waals surface area (Å²) in [5, 5.41) is 2.27. The van der Waals surface area contributed by atoms with Crippen LogP contribution >= 0.6 is 7.14 Å². The van der Waals surface area contributed by atoms with Gasteiger partial charge >= 0.3 is 0 Å². The molecule has 1 aromatic carbocycles. The maximum Gasteiger partial charge on any atom is 0.170 e. The highest BCUT2D eigenvalue weighted by Crippen LogP contribution is 2.60. The fourth-order valence-corrected chi connectivity index (χ4v) is 5.22. The molecule has 1 aromatic rings. The minimum atomic E-state index is -3.01. The van der Waals surface area contributed by atoms with Crippen LogP contribution in [0.15, 0.2) is 109 Å². The number of benzene rings is 1. The molecule has 2 heteroatoms. The fourth-order valence-electron chi connectivity index (χ4n) is 2.37. The van der Waals surface area contributed by atoms with E-state index < -0.39 is 7.14 Å². The topological polar surface area (TPSA) is 17.1 Å². The molecule has 0 aliphatic carbocycles. The molecule has 0 heterocycles. The number of hydrogen-bond donors (Lipinski definition) is 0. The summed E-state index contributed by atoms with van der Waals surface area (Å²) in [5.74, 6) is 0. The van der Waals surface area contributed by atoms with Gasteiger partial charge in [0.25, 0.3) is 0 Å². The maximum atomic E-state index is 14.2. The molecule has 0 saturated heterocycles. The number of rotatable bonds is 8. The van der Waals surface area contributed by atoms with E-state index in [2.05, 4.69) is 19.7 Å². The lowest BCUT2D eigenvalue weighted by Gasteiger charge is -2.22. The lowest BCUT2D eigenvalue weighted by molar-refractivity contribution is 0.589. The zero-order valence-corrected chi connectivity index (χ0v) is 15.4. The minimum absolute atomic E-state index is 0.713. The van der Waals surface area contributed by atoms with E-state index in [9.17, 15) is 4.57 Å². The molecule has 1 atom stereocenters. The van der Waals surface area contributed by atoms with E-state index in [1.807, 2.05) is 56.3 Å². The van der Waals surface area contributed by atoms with Crippen molar-refractivity contribution in [2.45, 2.75) is 13.8 Å². The number of aryl methyl sites for hydroxylation is 1. The Hall–Kier alpha value is -2.37. The van der Waals surface area contributed by atoms with Gasteiger partial charge in [0, 0.05) is 15.9 Å². The molecule has 0 radical (unpaired) electrons. The molecular formula is C22H25OP. The zero-order chi connectivity index (χ0) is 18.0. The van der Waals surface area contributed by atoms with Crippen molar-refractivity contribution >= 4 is 12.4 Å². The summed E-state index contributed by atoms with van der Waals surface area (Å²) in [4.78, 5) is 0. The molecule has 124 valence electrons. The molecule has 0 aliphatic rings. The lowest BCUT2D eigenvalue weighted by Crippen LogP contribution is -2.08. The molecule has 0 bridgehead atoms. The first kappa shape index (κ1) is 19.7. The van der Waals surface area contributed by atoms with Crippen LogP contribution in [0, 0.1) is 6.92 Å². The van der Waals surface area contributed by atoms with Crippen molar-refractivity contribution in [1.82, 2.24) is 0 Å². The molecule has 0 aliphatic heterocycles. The Morgan fingerprint density at radius 3 is 2.12 bits per heavy atom. The molecule has 0 aromatic heterocycles. The van der Waals surface area contributed by atoms with Crippen molar-refractivity contribution in [3.8, 4) is 0 Å². The SMILES string of the molecule is C=C/C=C\C(=C/C)P(=O)(C(/C=C\C=C)=C/C=C)c1cccc(C)c1. The van der Waals surface area contributed by atoms with Crippen LogP contribution in [0.4, 0.5) is 0 Å². The zero-order valence-electron chi connectivity index (χ0n) is 14.5. The predicted octanol–water partition coefficient (Wildman–Crippen LogP) is 6.44. The molecule has 1 nitrogen and oxygen atoms in total. The van der Waals surface area contributed by atoms with Gasteiger partial charge < -0.3 is 4.57 Å². The molecule has 0 N–H and O–H groups in total. The normalized spacial score (nSPS) is 15.4. The Balaban J connectivity index is 3.77. The van der Waals surface area contributed by atoms with E-state index in [4.69, 9.17) is 0 Å². The monoisotopic (exact) mass is 336 g/mol. The Morgan fingerprint density at radius 2 is 1.62 bits per heavy atom. The molecule has 1 rings (SSSR count). The van der Waals surface area contributed by atoms with Gasteiger partial charge in [-0.15, -0.1) is 0 Å². The Bertz CT molecular complexity index is 773. The molecule has 0 amide bonds. The van der Waals surface area contributed by atoms with Crippen LogP contribution in [0.3, 0.4) is 0 Å². The van der Waals surface area contributed by atoms with Gasteiger partial charge in [0.1, 0.15) is 0 Å². The second-order valence-electron chi connectivity index (χ2n) is 5.18. The Kier molecular flexibility index (Phi) is 7.95. The number of hydrogen-bond acceptors (Lipinski definition) is 1. The molecular weight excluding hydrogens is 311 g/mol. The van der Waals surface area contributed by atoms with Gasteiger partial charge in [0.2, 0.25) is 0 Å². The van der Waals surface area contributed by atoms with E-state index in [0.717, 1.165) is 16.2 Å². The van der Waals surface area contributed by atoms with E-state index in [0.29, 0.717) is 5.31 Å². The third-order valence-corrected chi connectivity index (χ3v) is 6.65. The van der Waals surface area contributed by atoms with E-state index in [1.165, 1.54) is 0 Å². The summed E-state index contributed by atoms with van der Waals surface area (Å²) in [6.45, 7) is 15.1. The molecule has 1 unspecified atom stereocenters. The smallest absolute Gasteiger partial charge is 0.170 e. The van der Waals surface area contributed by atoms with Crippen molar-refractivity contribution < 1.29 is 4.57 Å². The predicted molar refractivity (Wildman–Crippen MR) is 109 cm³/mol. The summed E-state index contributed by atoms with van der Waals surface area (Å²) in [6.07, 6.45) is 16.0. The highest BCUT2D eigenvalue weighted by atomic mass is 31.2. The highest BCUT2D eigenvalue weighted by Gasteiger charge is 2.31. The van der Waals surface area contributed by atoms with Gasteiger partial charge in [-0.25, -0.2) is 0 Å². The molecule has 24 heavy (non-hydrogen) atoms. The van der Waals surface area contributed by atoms with Crippen LogP contribution in [0.2, 0.25) is 0 Å². The van der Waals surface area contributed by atoms with Crippen molar-refractivity contribution in [3.05, 3.63) is 115 Å². The average molecular weight is 336 g/mol.